The van der Waals surface area contributed by atoms with Crippen LogP contribution in [-0.4, -0.2) is 46.1 Å². The second-order valence-corrected chi connectivity index (χ2v) is 7.20. The van der Waals surface area contributed by atoms with Gasteiger partial charge in [0.15, 0.2) is 5.82 Å². The number of aryl methyl sites for hydroxylation is 2. The van der Waals surface area contributed by atoms with Gasteiger partial charge in [0.25, 0.3) is 0 Å². The molecule has 0 bridgehead atoms. The third-order valence-corrected chi connectivity index (χ3v) is 4.77. The lowest BCUT2D eigenvalue weighted by molar-refractivity contribution is -0.130. The number of aromatic nitrogens is 3. The molecular formula is C19H27N5O2. The van der Waals surface area contributed by atoms with Gasteiger partial charge >= 0.3 is 0 Å². The van der Waals surface area contributed by atoms with Crippen molar-refractivity contribution in [3.63, 3.8) is 0 Å². The summed E-state index contributed by atoms with van der Waals surface area (Å²) in [5, 5.41) is 7.11. The molecule has 0 unspecified atom stereocenters. The van der Waals surface area contributed by atoms with Gasteiger partial charge < -0.3 is 14.7 Å². The van der Waals surface area contributed by atoms with Gasteiger partial charge in [-0.3, -0.25) is 9.78 Å². The first-order valence-corrected chi connectivity index (χ1v) is 9.23. The van der Waals surface area contributed by atoms with Crippen LogP contribution in [0.3, 0.4) is 0 Å². The normalized spacial score (nSPS) is 17.1. The van der Waals surface area contributed by atoms with E-state index >= 15 is 0 Å². The largest absolute Gasteiger partial charge is 0.388 e. The average molecular weight is 357 g/mol. The van der Waals surface area contributed by atoms with E-state index < -0.39 is 0 Å². The van der Waals surface area contributed by atoms with E-state index in [2.05, 4.69) is 26.5 Å². The lowest BCUT2D eigenvalue weighted by Crippen LogP contribution is -2.28. The number of carbonyl (C=O) groups is 1. The fourth-order valence-corrected chi connectivity index (χ4v) is 3.25. The highest BCUT2D eigenvalue weighted by molar-refractivity contribution is 5.76. The van der Waals surface area contributed by atoms with Crippen molar-refractivity contribution in [1.29, 1.82) is 0 Å². The van der Waals surface area contributed by atoms with Crippen LogP contribution in [-0.2, 0) is 11.2 Å². The molecular weight excluding hydrogens is 330 g/mol. The van der Waals surface area contributed by atoms with Crippen molar-refractivity contribution in [2.75, 3.05) is 25.5 Å². The number of nitrogens with one attached hydrogen (secondary N) is 1. The third kappa shape index (κ3) is 4.20. The maximum absolute atomic E-state index is 12.5. The number of nitrogens with zero attached hydrogens (tertiary/aromatic N) is 4. The van der Waals surface area contributed by atoms with Crippen LogP contribution in [0.2, 0.25) is 0 Å². The number of hydrogen-bond acceptors (Lipinski definition) is 6. The van der Waals surface area contributed by atoms with Crippen molar-refractivity contribution >= 4 is 11.6 Å². The van der Waals surface area contributed by atoms with Gasteiger partial charge in [0, 0.05) is 61.9 Å². The summed E-state index contributed by atoms with van der Waals surface area (Å²) in [5.41, 5.74) is 3.12. The van der Waals surface area contributed by atoms with Gasteiger partial charge in [0.05, 0.1) is 0 Å². The van der Waals surface area contributed by atoms with Crippen molar-refractivity contribution < 1.29 is 9.32 Å². The molecule has 1 fully saturated rings. The Kier molecular flexibility index (Phi) is 5.54. The van der Waals surface area contributed by atoms with Crippen LogP contribution < -0.4 is 5.32 Å². The topological polar surface area (TPSA) is 84.2 Å². The van der Waals surface area contributed by atoms with Crippen molar-refractivity contribution in [3.05, 3.63) is 35.2 Å². The highest BCUT2D eigenvalue weighted by Gasteiger charge is 2.28. The summed E-state index contributed by atoms with van der Waals surface area (Å²) < 4.78 is 5.22. The molecule has 3 rings (SSSR count). The molecule has 2 aromatic rings. The Morgan fingerprint density at radius 1 is 1.38 bits per heavy atom. The van der Waals surface area contributed by atoms with E-state index in [0.717, 1.165) is 36.6 Å². The SMILES string of the molecule is CNc1cc(C)nc([C@H]2CCN(C(=O)CCc3nc(C(C)C)no3)C2)c1. The minimum absolute atomic E-state index is 0.137. The Balaban J connectivity index is 1.56. The molecule has 0 radical (unpaired) electrons. The molecule has 1 saturated heterocycles. The Labute approximate surface area is 154 Å². The first-order chi connectivity index (χ1) is 12.5. The van der Waals surface area contributed by atoms with Crippen LogP contribution in [0.25, 0.3) is 0 Å². The number of hydrogen-bond donors (Lipinski definition) is 1. The molecule has 1 atom stereocenters. The smallest absolute Gasteiger partial charge is 0.227 e. The number of carbonyl (C=O) groups excluding carboxylic acids is 1. The Hall–Kier alpha value is -2.44. The molecule has 1 amide bonds. The predicted octanol–water partition coefficient (Wildman–Crippen LogP) is 2.89. The molecule has 140 valence electrons. The lowest BCUT2D eigenvalue weighted by atomic mass is 10.0. The standard InChI is InChI=1S/C19H27N5O2/c1-12(2)19-22-17(26-23-19)5-6-18(25)24-8-7-14(11-24)16-10-15(20-4)9-13(3)21-16/h9-10,12,14H,5-8,11H2,1-4H3,(H,20,21)/t14-/m0/s1. The molecule has 0 aliphatic carbocycles. The molecule has 2 aromatic heterocycles. The minimum Gasteiger partial charge on any atom is -0.388 e. The van der Waals surface area contributed by atoms with Gasteiger partial charge in [-0.25, -0.2) is 0 Å². The number of amides is 1. The fourth-order valence-electron chi connectivity index (χ4n) is 3.25. The van der Waals surface area contributed by atoms with Gasteiger partial charge in [0.1, 0.15) is 0 Å². The van der Waals surface area contributed by atoms with Gasteiger partial charge in [-0.05, 0) is 25.5 Å². The minimum atomic E-state index is 0.137. The number of pyridine rings is 1. The maximum atomic E-state index is 12.5. The van der Waals surface area contributed by atoms with Crippen molar-refractivity contribution in [3.8, 4) is 0 Å². The van der Waals surface area contributed by atoms with E-state index in [-0.39, 0.29) is 11.8 Å². The zero-order valence-corrected chi connectivity index (χ0v) is 16.0. The van der Waals surface area contributed by atoms with E-state index in [1.165, 1.54) is 0 Å². The number of likely N-dealkylation sites (tertiary alicyclic amines) is 1. The zero-order valence-electron chi connectivity index (χ0n) is 16.0. The number of anilines is 1. The molecule has 0 saturated carbocycles. The second kappa shape index (κ2) is 7.85. The van der Waals surface area contributed by atoms with Crippen molar-refractivity contribution in [2.45, 2.75) is 51.9 Å². The molecule has 0 spiro atoms. The Morgan fingerprint density at radius 3 is 2.88 bits per heavy atom. The van der Waals surface area contributed by atoms with Crippen LogP contribution in [0.1, 0.15) is 61.6 Å². The molecule has 1 aliphatic heterocycles. The molecule has 7 nitrogen and oxygen atoms in total. The number of rotatable bonds is 6. The van der Waals surface area contributed by atoms with E-state index in [0.29, 0.717) is 30.5 Å². The first-order valence-electron chi connectivity index (χ1n) is 9.23. The second-order valence-electron chi connectivity index (χ2n) is 7.20. The summed E-state index contributed by atoms with van der Waals surface area (Å²) in [5.74, 6) is 1.89. The van der Waals surface area contributed by atoms with Crippen LogP contribution >= 0.6 is 0 Å². The summed E-state index contributed by atoms with van der Waals surface area (Å²) in [6.45, 7) is 7.53. The maximum Gasteiger partial charge on any atom is 0.227 e. The van der Waals surface area contributed by atoms with Gasteiger partial charge in [-0.15, -0.1) is 0 Å². The van der Waals surface area contributed by atoms with Gasteiger partial charge in [-0.2, -0.15) is 4.98 Å². The predicted molar refractivity (Wildman–Crippen MR) is 99.2 cm³/mol. The molecule has 1 N–H and O–H groups in total. The highest BCUT2D eigenvalue weighted by Crippen LogP contribution is 2.28. The van der Waals surface area contributed by atoms with E-state index in [4.69, 9.17) is 4.52 Å². The molecule has 26 heavy (non-hydrogen) atoms. The van der Waals surface area contributed by atoms with Crippen LogP contribution in [0.15, 0.2) is 16.7 Å². The Morgan fingerprint density at radius 2 is 2.19 bits per heavy atom. The monoisotopic (exact) mass is 357 g/mol. The van der Waals surface area contributed by atoms with E-state index in [1.807, 2.05) is 38.8 Å². The van der Waals surface area contributed by atoms with Crippen molar-refractivity contribution in [2.24, 2.45) is 0 Å². The molecule has 7 heteroatoms. The van der Waals surface area contributed by atoms with Crippen LogP contribution in [0.4, 0.5) is 5.69 Å². The summed E-state index contributed by atoms with van der Waals surface area (Å²) in [6.07, 6.45) is 1.84. The summed E-state index contributed by atoms with van der Waals surface area (Å²) in [7, 11) is 1.91. The lowest BCUT2D eigenvalue weighted by Gasteiger charge is -2.16. The van der Waals surface area contributed by atoms with Gasteiger partial charge in [-0.1, -0.05) is 19.0 Å². The summed E-state index contributed by atoms with van der Waals surface area (Å²) in [6, 6.07) is 4.11. The molecule has 1 aliphatic rings. The van der Waals surface area contributed by atoms with E-state index in [1.54, 1.807) is 0 Å². The molecule has 3 heterocycles. The van der Waals surface area contributed by atoms with Crippen LogP contribution in [0, 0.1) is 6.92 Å². The highest BCUT2D eigenvalue weighted by atomic mass is 16.5. The summed E-state index contributed by atoms with van der Waals surface area (Å²) in [4.78, 5) is 23.4. The molecule has 0 aromatic carbocycles. The Bertz CT molecular complexity index is 771. The first kappa shape index (κ1) is 18.4. The van der Waals surface area contributed by atoms with E-state index in [9.17, 15) is 4.79 Å². The van der Waals surface area contributed by atoms with Crippen molar-refractivity contribution in [1.82, 2.24) is 20.0 Å². The average Bonchev–Trinajstić information content (AvgIpc) is 3.28. The van der Waals surface area contributed by atoms with Gasteiger partial charge in [0.2, 0.25) is 11.8 Å². The fraction of sp³-hybridized carbons (Fsp3) is 0.579. The quantitative estimate of drug-likeness (QED) is 0.856. The third-order valence-electron chi connectivity index (χ3n) is 4.77. The van der Waals surface area contributed by atoms with Crippen LogP contribution in [0.5, 0.6) is 0 Å². The summed E-state index contributed by atoms with van der Waals surface area (Å²) >= 11 is 0. The zero-order chi connectivity index (χ0) is 18.7.